The number of ether oxygens (including phenoxy) is 2. The molecule has 1 aromatic carbocycles. The quantitative estimate of drug-likeness (QED) is 0.710. The maximum absolute atomic E-state index is 12.9. The van der Waals surface area contributed by atoms with Crippen LogP contribution in [0.15, 0.2) is 23.1 Å². The van der Waals surface area contributed by atoms with Crippen molar-refractivity contribution in [1.82, 2.24) is 14.5 Å². The Morgan fingerprint density at radius 1 is 1.17 bits per heavy atom. The average Bonchev–Trinajstić information content (AvgIpc) is 2.73. The zero-order valence-corrected chi connectivity index (χ0v) is 18.1. The number of hydrogen-bond acceptors (Lipinski definition) is 6. The number of carbonyl (C=O) groups excluding carboxylic acids is 2. The van der Waals surface area contributed by atoms with Gasteiger partial charge in [-0.3, -0.25) is 4.79 Å². The third-order valence-corrected chi connectivity index (χ3v) is 7.08. The summed E-state index contributed by atoms with van der Waals surface area (Å²) in [5, 5.41) is 2.92. The van der Waals surface area contributed by atoms with E-state index in [9.17, 15) is 18.0 Å². The summed E-state index contributed by atoms with van der Waals surface area (Å²) in [7, 11) is -1.05. The van der Waals surface area contributed by atoms with Gasteiger partial charge in [-0.2, -0.15) is 4.31 Å². The van der Waals surface area contributed by atoms with Crippen LogP contribution >= 0.6 is 0 Å². The first kappa shape index (κ1) is 23.0. The summed E-state index contributed by atoms with van der Waals surface area (Å²) in [5.74, 6) is -0.167. The molecule has 0 unspecified atom stereocenters. The molecular formula is C19H29N3O6S. The van der Waals surface area contributed by atoms with E-state index in [1.165, 1.54) is 30.7 Å². The van der Waals surface area contributed by atoms with Crippen molar-refractivity contribution in [2.75, 3.05) is 40.4 Å². The summed E-state index contributed by atoms with van der Waals surface area (Å²) >= 11 is 0. The van der Waals surface area contributed by atoms with E-state index >= 15 is 0 Å². The van der Waals surface area contributed by atoms with E-state index in [0.717, 1.165) is 0 Å². The zero-order chi connectivity index (χ0) is 21.6. The molecule has 0 spiro atoms. The second-order valence-electron chi connectivity index (χ2n) is 6.66. The van der Waals surface area contributed by atoms with E-state index in [0.29, 0.717) is 39.0 Å². The maximum atomic E-state index is 12.9. The van der Waals surface area contributed by atoms with E-state index in [1.807, 2.05) is 0 Å². The molecule has 2 rings (SSSR count). The van der Waals surface area contributed by atoms with Gasteiger partial charge < -0.3 is 19.7 Å². The van der Waals surface area contributed by atoms with Crippen LogP contribution in [-0.4, -0.2) is 76.1 Å². The minimum atomic E-state index is -3.78. The lowest BCUT2D eigenvalue weighted by Crippen LogP contribution is -2.46. The Balaban J connectivity index is 2.17. The number of nitrogens with one attached hydrogen (secondary N) is 1. The normalized spacial score (nSPS) is 15.3. The molecule has 10 heteroatoms. The molecule has 0 aromatic heterocycles. The maximum Gasteiger partial charge on any atom is 0.409 e. The predicted octanol–water partition coefficient (Wildman–Crippen LogP) is 1.69. The van der Waals surface area contributed by atoms with Crippen LogP contribution in [0.25, 0.3) is 0 Å². The molecule has 1 fully saturated rings. The van der Waals surface area contributed by atoms with Crippen LogP contribution in [0.5, 0.6) is 5.75 Å². The number of amides is 2. The van der Waals surface area contributed by atoms with Gasteiger partial charge in [-0.25, -0.2) is 13.2 Å². The Morgan fingerprint density at radius 3 is 2.31 bits per heavy atom. The highest BCUT2D eigenvalue weighted by Gasteiger charge is 2.28. The molecule has 1 aromatic rings. The van der Waals surface area contributed by atoms with Gasteiger partial charge in [-0.1, -0.05) is 13.8 Å². The fraction of sp³-hybridized carbons (Fsp3) is 0.579. The van der Waals surface area contributed by atoms with Crippen LogP contribution in [0.4, 0.5) is 4.79 Å². The van der Waals surface area contributed by atoms with Crippen molar-refractivity contribution in [2.24, 2.45) is 0 Å². The Hall–Kier alpha value is -2.33. The Bertz CT molecular complexity index is 830. The number of nitrogens with zero attached hydrogens (tertiary/aromatic N) is 2. The fourth-order valence-corrected chi connectivity index (χ4v) is 4.97. The topological polar surface area (TPSA) is 105 Å². The number of benzene rings is 1. The zero-order valence-electron chi connectivity index (χ0n) is 17.3. The van der Waals surface area contributed by atoms with Crippen molar-refractivity contribution in [3.8, 4) is 5.75 Å². The predicted molar refractivity (Wildman–Crippen MR) is 108 cm³/mol. The molecule has 0 bridgehead atoms. The SMILES string of the molecule is CCN(CC)S(=O)(=O)c1cc(C(=O)NC2CCN(C(=O)OC)CC2)ccc1OC. The van der Waals surface area contributed by atoms with Gasteiger partial charge in [0.05, 0.1) is 14.2 Å². The summed E-state index contributed by atoms with van der Waals surface area (Å²) in [6, 6.07) is 4.28. The second-order valence-corrected chi connectivity index (χ2v) is 8.57. The number of methoxy groups -OCH3 is 2. The smallest absolute Gasteiger partial charge is 0.409 e. The van der Waals surface area contributed by atoms with Gasteiger partial charge in [0, 0.05) is 37.8 Å². The molecule has 1 heterocycles. The molecule has 29 heavy (non-hydrogen) atoms. The first-order valence-corrected chi connectivity index (χ1v) is 11.0. The van der Waals surface area contributed by atoms with Gasteiger partial charge in [0.1, 0.15) is 10.6 Å². The van der Waals surface area contributed by atoms with Gasteiger partial charge in [0.25, 0.3) is 5.91 Å². The summed E-state index contributed by atoms with van der Waals surface area (Å²) in [5.41, 5.74) is 0.243. The Kier molecular flexibility index (Phi) is 7.86. The van der Waals surface area contributed by atoms with Gasteiger partial charge in [-0.15, -0.1) is 0 Å². The van der Waals surface area contributed by atoms with Crippen LogP contribution < -0.4 is 10.1 Å². The van der Waals surface area contributed by atoms with Crippen LogP contribution in [0.2, 0.25) is 0 Å². The van der Waals surface area contributed by atoms with E-state index in [4.69, 9.17) is 9.47 Å². The van der Waals surface area contributed by atoms with Gasteiger partial charge in [0.2, 0.25) is 10.0 Å². The van der Waals surface area contributed by atoms with Crippen molar-refractivity contribution in [2.45, 2.75) is 37.6 Å². The lowest BCUT2D eigenvalue weighted by Gasteiger charge is -2.31. The number of rotatable bonds is 7. The number of carbonyl (C=O) groups is 2. The molecule has 9 nitrogen and oxygen atoms in total. The van der Waals surface area contributed by atoms with Crippen LogP contribution in [0, 0.1) is 0 Å². The molecule has 1 N–H and O–H groups in total. The molecule has 0 atom stereocenters. The summed E-state index contributed by atoms with van der Waals surface area (Å²) in [6.45, 7) is 5.12. The van der Waals surface area contributed by atoms with Crippen molar-refractivity contribution in [1.29, 1.82) is 0 Å². The highest BCUT2D eigenvalue weighted by atomic mass is 32.2. The van der Waals surface area contributed by atoms with Crippen LogP contribution in [-0.2, 0) is 14.8 Å². The van der Waals surface area contributed by atoms with Gasteiger partial charge in [0.15, 0.2) is 0 Å². The van der Waals surface area contributed by atoms with E-state index in [1.54, 1.807) is 24.8 Å². The largest absolute Gasteiger partial charge is 0.495 e. The van der Waals surface area contributed by atoms with Crippen molar-refractivity contribution in [3.63, 3.8) is 0 Å². The molecule has 1 aliphatic heterocycles. The third kappa shape index (κ3) is 5.18. The van der Waals surface area contributed by atoms with Crippen molar-refractivity contribution in [3.05, 3.63) is 23.8 Å². The van der Waals surface area contributed by atoms with E-state index in [-0.39, 0.29) is 34.3 Å². The summed E-state index contributed by atoms with van der Waals surface area (Å²) in [4.78, 5) is 25.8. The van der Waals surface area contributed by atoms with E-state index < -0.39 is 10.0 Å². The summed E-state index contributed by atoms with van der Waals surface area (Å²) < 4.78 is 37.1. The average molecular weight is 428 g/mol. The molecule has 1 saturated heterocycles. The lowest BCUT2D eigenvalue weighted by atomic mass is 10.0. The molecule has 0 aliphatic carbocycles. The Morgan fingerprint density at radius 2 is 1.79 bits per heavy atom. The third-order valence-electron chi connectivity index (χ3n) is 5.01. The van der Waals surface area contributed by atoms with Crippen molar-refractivity contribution < 1.29 is 27.5 Å². The highest BCUT2D eigenvalue weighted by molar-refractivity contribution is 7.89. The lowest BCUT2D eigenvalue weighted by molar-refractivity contribution is 0.0892. The highest BCUT2D eigenvalue weighted by Crippen LogP contribution is 2.28. The fourth-order valence-electron chi connectivity index (χ4n) is 3.33. The monoisotopic (exact) mass is 427 g/mol. The minimum absolute atomic E-state index is 0.0307. The Labute approximate surface area is 172 Å². The van der Waals surface area contributed by atoms with Gasteiger partial charge in [-0.05, 0) is 31.0 Å². The first-order valence-electron chi connectivity index (χ1n) is 9.60. The number of hydrogen-bond donors (Lipinski definition) is 1. The molecule has 1 aliphatic rings. The minimum Gasteiger partial charge on any atom is -0.495 e. The van der Waals surface area contributed by atoms with Gasteiger partial charge >= 0.3 is 6.09 Å². The van der Waals surface area contributed by atoms with Crippen LogP contribution in [0.3, 0.4) is 0 Å². The summed E-state index contributed by atoms with van der Waals surface area (Å²) in [6.07, 6.45) is 0.819. The van der Waals surface area contributed by atoms with Crippen molar-refractivity contribution >= 4 is 22.0 Å². The molecule has 0 radical (unpaired) electrons. The number of piperidine rings is 1. The van der Waals surface area contributed by atoms with Crippen LogP contribution in [0.1, 0.15) is 37.0 Å². The number of sulfonamides is 1. The van der Waals surface area contributed by atoms with E-state index in [2.05, 4.69) is 5.32 Å². The second kappa shape index (κ2) is 9.93. The number of likely N-dealkylation sites (tertiary alicyclic amines) is 1. The molecule has 2 amide bonds. The molecular weight excluding hydrogens is 398 g/mol. The first-order chi connectivity index (χ1) is 13.8. The standard InChI is InChI=1S/C19H29N3O6S/c1-5-22(6-2)29(25,26)17-13-14(7-8-16(17)27-3)18(23)20-15-9-11-21(12-10-15)19(24)28-4/h7-8,13,15H,5-6,9-12H2,1-4H3,(H,20,23). The molecule has 0 saturated carbocycles. The molecule has 162 valence electrons.